The normalized spacial score (nSPS) is 12.6. The van der Waals surface area contributed by atoms with Gasteiger partial charge >= 0.3 is 12.2 Å². The van der Waals surface area contributed by atoms with Gasteiger partial charge in [-0.3, -0.25) is 0 Å². The van der Waals surface area contributed by atoms with E-state index in [1.165, 1.54) is 18.2 Å². The van der Waals surface area contributed by atoms with E-state index in [1.807, 2.05) is 0 Å². The lowest BCUT2D eigenvalue weighted by atomic mass is 10.3. The Morgan fingerprint density at radius 3 is 2.00 bits per heavy atom. The maximum Gasteiger partial charge on any atom is 0.449 e. The number of hydrogen-bond donors (Lipinski definition) is 0. The molecule has 0 unspecified atom stereocenters. The van der Waals surface area contributed by atoms with Gasteiger partial charge in [0, 0.05) is 6.07 Å². The number of rotatable bonds is 4. The first-order valence-electron chi connectivity index (χ1n) is 5.99. The van der Waals surface area contributed by atoms with Crippen LogP contribution in [0, 0.1) is 0 Å². The third kappa shape index (κ3) is 4.21. The second-order valence-corrected chi connectivity index (χ2v) is 4.08. The van der Waals surface area contributed by atoms with Crippen molar-refractivity contribution in [3.05, 3.63) is 66.4 Å². The zero-order valence-corrected chi connectivity index (χ0v) is 10.9. The molecule has 0 spiro atoms. The van der Waals surface area contributed by atoms with E-state index in [2.05, 4.69) is 4.74 Å². The Bertz CT molecular complexity index is 665. The van der Waals surface area contributed by atoms with Gasteiger partial charge < -0.3 is 9.47 Å². The van der Waals surface area contributed by atoms with Crippen LogP contribution in [0.2, 0.25) is 0 Å². The highest BCUT2D eigenvalue weighted by atomic mass is 19.4. The molecule has 7 heteroatoms. The third-order valence-corrected chi connectivity index (χ3v) is 2.41. The summed E-state index contributed by atoms with van der Waals surface area (Å²) in [6, 6.07) is 11.3. The van der Waals surface area contributed by atoms with Gasteiger partial charge in [-0.05, 0) is 24.3 Å². The molecule has 0 N–H and O–H groups in total. The van der Waals surface area contributed by atoms with Crippen LogP contribution in [0.15, 0.2) is 66.4 Å². The standard InChI is InChI=1S/C15H9F5O2/c16-13(15(18,19)20)14(17)22-12-8-4-7-11(9-12)21-10-5-2-1-3-6-10/h1-9H. The fourth-order valence-corrected chi connectivity index (χ4v) is 1.49. The van der Waals surface area contributed by atoms with Crippen LogP contribution in [0.25, 0.3) is 0 Å². The first-order valence-corrected chi connectivity index (χ1v) is 5.99. The van der Waals surface area contributed by atoms with Crippen molar-refractivity contribution in [1.82, 2.24) is 0 Å². The van der Waals surface area contributed by atoms with Gasteiger partial charge in [-0.1, -0.05) is 24.3 Å². The molecule has 0 atom stereocenters. The van der Waals surface area contributed by atoms with Gasteiger partial charge in [0.25, 0.3) is 5.83 Å². The van der Waals surface area contributed by atoms with Crippen molar-refractivity contribution < 1.29 is 31.4 Å². The van der Waals surface area contributed by atoms with Crippen LogP contribution in [0.4, 0.5) is 22.0 Å². The Hall–Kier alpha value is -2.57. The zero-order valence-electron chi connectivity index (χ0n) is 10.9. The average Bonchev–Trinajstić information content (AvgIpc) is 2.47. The lowest BCUT2D eigenvalue weighted by Crippen LogP contribution is -2.11. The minimum atomic E-state index is -5.44. The van der Waals surface area contributed by atoms with Crippen molar-refractivity contribution in [2.45, 2.75) is 6.18 Å². The van der Waals surface area contributed by atoms with Crippen molar-refractivity contribution in [1.29, 1.82) is 0 Å². The van der Waals surface area contributed by atoms with E-state index in [4.69, 9.17) is 4.74 Å². The summed E-state index contributed by atoms with van der Waals surface area (Å²) in [4.78, 5) is 0. The second kappa shape index (κ2) is 6.46. The molecule has 0 aliphatic carbocycles. The zero-order chi connectivity index (χ0) is 16.2. The first kappa shape index (κ1) is 15.8. The molecular formula is C15H9F5O2. The van der Waals surface area contributed by atoms with Crippen molar-refractivity contribution in [2.24, 2.45) is 0 Å². The number of halogens is 5. The molecule has 0 heterocycles. The Labute approximate surface area is 122 Å². The molecule has 22 heavy (non-hydrogen) atoms. The van der Waals surface area contributed by atoms with E-state index < -0.39 is 18.0 Å². The van der Waals surface area contributed by atoms with Gasteiger partial charge in [0.1, 0.15) is 17.2 Å². The van der Waals surface area contributed by atoms with E-state index in [9.17, 15) is 22.0 Å². The average molecular weight is 316 g/mol. The van der Waals surface area contributed by atoms with Crippen LogP contribution in [-0.2, 0) is 0 Å². The van der Waals surface area contributed by atoms with Crippen LogP contribution in [-0.4, -0.2) is 6.18 Å². The van der Waals surface area contributed by atoms with Gasteiger partial charge in [0.2, 0.25) is 0 Å². The predicted octanol–water partition coefficient (Wildman–Crippen LogP) is 5.53. The highest BCUT2D eigenvalue weighted by Crippen LogP contribution is 2.32. The fourth-order valence-electron chi connectivity index (χ4n) is 1.49. The summed E-state index contributed by atoms with van der Waals surface area (Å²) in [5, 5.41) is 0. The quantitative estimate of drug-likeness (QED) is 0.545. The number of allylic oxidation sites excluding steroid dienone is 1. The topological polar surface area (TPSA) is 18.5 Å². The molecule has 0 saturated heterocycles. The van der Waals surface area contributed by atoms with Crippen LogP contribution < -0.4 is 9.47 Å². The number of benzene rings is 2. The SMILES string of the molecule is FC(Oc1cccc(Oc2ccccc2)c1)=C(F)C(F)(F)F. The summed E-state index contributed by atoms with van der Waals surface area (Å²) < 4.78 is 71.3. The molecule has 0 aliphatic heterocycles. The fraction of sp³-hybridized carbons (Fsp3) is 0.0667. The lowest BCUT2D eigenvalue weighted by molar-refractivity contribution is -0.114. The van der Waals surface area contributed by atoms with Gasteiger partial charge in [0.05, 0.1) is 0 Å². The van der Waals surface area contributed by atoms with Gasteiger partial charge in [-0.2, -0.15) is 22.0 Å². The lowest BCUT2D eigenvalue weighted by Gasteiger charge is -2.09. The van der Waals surface area contributed by atoms with Crippen LogP contribution in [0.3, 0.4) is 0 Å². The third-order valence-electron chi connectivity index (χ3n) is 2.41. The van der Waals surface area contributed by atoms with Crippen LogP contribution >= 0.6 is 0 Å². The molecule has 116 valence electrons. The van der Waals surface area contributed by atoms with E-state index in [-0.39, 0.29) is 11.5 Å². The minimum Gasteiger partial charge on any atom is -0.457 e. The number of hydrogen-bond acceptors (Lipinski definition) is 2. The second-order valence-electron chi connectivity index (χ2n) is 4.08. The molecule has 0 saturated carbocycles. The van der Waals surface area contributed by atoms with Gasteiger partial charge in [0.15, 0.2) is 0 Å². The molecular weight excluding hydrogens is 307 g/mol. The Morgan fingerprint density at radius 2 is 1.36 bits per heavy atom. The van der Waals surface area contributed by atoms with Crippen molar-refractivity contribution >= 4 is 0 Å². The summed E-state index contributed by atoms with van der Waals surface area (Å²) in [7, 11) is 0. The number of alkyl halides is 3. The summed E-state index contributed by atoms with van der Waals surface area (Å²) in [5.41, 5.74) is 0. The van der Waals surface area contributed by atoms with E-state index in [1.54, 1.807) is 30.3 Å². The molecule has 2 nitrogen and oxygen atoms in total. The van der Waals surface area contributed by atoms with Gasteiger partial charge in [-0.25, -0.2) is 0 Å². The summed E-state index contributed by atoms with van der Waals surface area (Å²) >= 11 is 0. The van der Waals surface area contributed by atoms with E-state index in [0.29, 0.717) is 5.75 Å². The molecule has 0 radical (unpaired) electrons. The largest absolute Gasteiger partial charge is 0.457 e. The summed E-state index contributed by atoms with van der Waals surface area (Å²) in [5.74, 6) is -2.59. The number of para-hydroxylation sites is 1. The molecule has 0 bridgehead atoms. The van der Waals surface area contributed by atoms with E-state index in [0.717, 1.165) is 6.07 Å². The maximum absolute atomic E-state index is 13.1. The molecule has 2 rings (SSSR count). The maximum atomic E-state index is 13.1. The summed E-state index contributed by atoms with van der Waals surface area (Å²) in [6.07, 6.45) is -5.44. The summed E-state index contributed by atoms with van der Waals surface area (Å²) in [6.45, 7) is 0. The Kier molecular flexibility index (Phi) is 4.65. The molecule has 0 aromatic heterocycles. The molecule has 0 fully saturated rings. The molecule has 2 aromatic rings. The Morgan fingerprint density at radius 1 is 0.773 bits per heavy atom. The smallest absolute Gasteiger partial charge is 0.449 e. The predicted molar refractivity (Wildman–Crippen MR) is 68.9 cm³/mol. The van der Waals surface area contributed by atoms with Crippen LogP contribution in [0.5, 0.6) is 17.2 Å². The first-order chi connectivity index (χ1) is 10.4. The van der Waals surface area contributed by atoms with E-state index >= 15 is 0 Å². The highest BCUT2D eigenvalue weighted by molar-refractivity contribution is 5.37. The molecule has 2 aromatic carbocycles. The minimum absolute atomic E-state index is 0.198. The molecule has 0 aliphatic rings. The number of ether oxygens (including phenoxy) is 2. The highest BCUT2D eigenvalue weighted by Gasteiger charge is 2.39. The monoisotopic (exact) mass is 316 g/mol. The van der Waals surface area contributed by atoms with Crippen molar-refractivity contribution in [2.75, 3.05) is 0 Å². The van der Waals surface area contributed by atoms with Crippen LogP contribution in [0.1, 0.15) is 0 Å². The molecule has 0 amide bonds. The van der Waals surface area contributed by atoms with Crippen molar-refractivity contribution in [3.8, 4) is 17.2 Å². The Balaban J connectivity index is 2.16. The van der Waals surface area contributed by atoms with Gasteiger partial charge in [-0.15, -0.1) is 0 Å². The van der Waals surface area contributed by atoms with Crippen molar-refractivity contribution in [3.63, 3.8) is 0 Å².